The van der Waals surface area contributed by atoms with Crippen LogP contribution in [0, 0.1) is 0 Å². The number of ether oxygens (including phenoxy) is 2. The second-order valence-electron chi connectivity index (χ2n) is 4.22. The SMILES string of the molecule is CCOCc1ncc(C(=O)OCC)c(C2CC2)n1. The van der Waals surface area contributed by atoms with Gasteiger partial charge >= 0.3 is 5.97 Å². The predicted octanol–water partition coefficient (Wildman–Crippen LogP) is 2.07. The molecule has 5 nitrogen and oxygen atoms in total. The quantitative estimate of drug-likeness (QED) is 0.723. The zero-order valence-electron chi connectivity index (χ0n) is 10.8. The number of esters is 1. The van der Waals surface area contributed by atoms with Crippen LogP contribution in [0.2, 0.25) is 0 Å². The number of hydrogen-bond donors (Lipinski definition) is 0. The Balaban J connectivity index is 2.21. The molecule has 0 bridgehead atoms. The molecular formula is C13H18N2O3. The summed E-state index contributed by atoms with van der Waals surface area (Å²) in [6, 6.07) is 0. The van der Waals surface area contributed by atoms with Gasteiger partial charge in [-0.1, -0.05) is 0 Å². The van der Waals surface area contributed by atoms with Crippen molar-refractivity contribution in [1.29, 1.82) is 0 Å². The summed E-state index contributed by atoms with van der Waals surface area (Å²) in [5.41, 5.74) is 1.32. The Kier molecular flexibility index (Phi) is 4.25. The van der Waals surface area contributed by atoms with Crippen molar-refractivity contribution < 1.29 is 14.3 Å². The van der Waals surface area contributed by atoms with E-state index in [0.29, 0.717) is 37.1 Å². The monoisotopic (exact) mass is 250 g/mol. The summed E-state index contributed by atoms with van der Waals surface area (Å²) >= 11 is 0. The fraction of sp³-hybridized carbons (Fsp3) is 0.615. The standard InChI is InChI=1S/C13H18N2O3/c1-3-17-8-11-14-7-10(13(16)18-4-2)12(15-11)9-5-6-9/h7,9H,3-6,8H2,1-2H3. The fourth-order valence-corrected chi connectivity index (χ4v) is 1.73. The van der Waals surface area contributed by atoms with Gasteiger partial charge in [0.25, 0.3) is 0 Å². The Labute approximate surface area is 107 Å². The van der Waals surface area contributed by atoms with E-state index in [1.54, 1.807) is 13.1 Å². The van der Waals surface area contributed by atoms with E-state index in [4.69, 9.17) is 9.47 Å². The highest BCUT2D eigenvalue weighted by Gasteiger charge is 2.30. The lowest BCUT2D eigenvalue weighted by Crippen LogP contribution is -2.12. The molecular weight excluding hydrogens is 232 g/mol. The van der Waals surface area contributed by atoms with Crippen LogP contribution in [0.4, 0.5) is 0 Å². The number of aromatic nitrogens is 2. The Morgan fingerprint density at radius 1 is 1.39 bits per heavy atom. The van der Waals surface area contributed by atoms with Crippen molar-refractivity contribution in [2.45, 2.75) is 39.2 Å². The van der Waals surface area contributed by atoms with E-state index >= 15 is 0 Å². The maximum absolute atomic E-state index is 11.8. The lowest BCUT2D eigenvalue weighted by atomic mass is 10.1. The van der Waals surface area contributed by atoms with E-state index in [-0.39, 0.29) is 5.97 Å². The molecule has 0 amide bonds. The maximum Gasteiger partial charge on any atom is 0.341 e. The van der Waals surface area contributed by atoms with Gasteiger partial charge in [-0.15, -0.1) is 0 Å². The van der Waals surface area contributed by atoms with Crippen molar-refractivity contribution in [3.05, 3.63) is 23.3 Å². The Hall–Kier alpha value is -1.49. The van der Waals surface area contributed by atoms with Crippen LogP contribution in [0.25, 0.3) is 0 Å². The first-order valence-electron chi connectivity index (χ1n) is 6.36. The molecule has 0 unspecified atom stereocenters. The smallest absolute Gasteiger partial charge is 0.341 e. The fourth-order valence-electron chi connectivity index (χ4n) is 1.73. The van der Waals surface area contributed by atoms with Crippen molar-refractivity contribution in [2.75, 3.05) is 13.2 Å². The average Bonchev–Trinajstić information content (AvgIpc) is 3.20. The molecule has 0 saturated heterocycles. The van der Waals surface area contributed by atoms with Gasteiger partial charge in [-0.3, -0.25) is 0 Å². The van der Waals surface area contributed by atoms with Crippen LogP contribution < -0.4 is 0 Å². The minimum Gasteiger partial charge on any atom is -0.462 e. The molecule has 1 aliphatic carbocycles. The van der Waals surface area contributed by atoms with Crippen LogP contribution in [0.1, 0.15) is 54.5 Å². The third kappa shape index (κ3) is 3.04. The molecule has 5 heteroatoms. The molecule has 1 fully saturated rings. The highest BCUT2D eigenvalue weighted by molar-refractivity contribution is 5.90. The Morgan fingerprint density at radius 3 is 2.78 bits per heavy atom. The Bertz CT molecular complexity index is 430. The molecule has 1 saturated carbocycles. The summed E-state index contributed by atoms with van der Waals surface area (Å²) in [6.45, 7) is 5.10. The van der Waals surface area contributed by atoms with Crippen LogP contribution in [0.3, 0.4) is 0 Å². The molecule has 0 N–H and O–H groups in total. The van der Waals surface area contributed by atoms with E-state index in [0.717, 1.165) is 18.5 Å². The van der Waals surface area contributed by atoms with Gasteiger partial charge < -0.3 is 9.47 Å². The van der Waals surface area contributed by atoms with E-state index < -0.39 is 0 Å². The first-order valence-corrected chi connectivity index (χ1v) is 6.36. The van der Waals surface area contributed by atoms with Crippen molar-refractivity contribution in [2.24, 2.45) is 0 Å². The average molecular weight is 250 g/mol. The first kappa shape index (κ1) is 13.0. The Morgan fingerprint density at radius 2 is 2.17 bits per heavy atom. The number of nitrogens with zero attached hydrogens (tertiary/aromatic N) is 2. The zero-order chi connectivity index (χ0) is 13.0. The minimum absolute atomic E-state index is 0.331. The van der Waals surface area contributed by atoms with Crippen molar-refractivity contribution in [3.63, 3.8) is 0 Å². The normalized spacial score (nSPS) is 14.6. The summed E-state index contributed by atoms with van der Waals surface area (Å²) in [7, 11) is 0. The van der Waals surface area contributed by atoms with Crippen LogP contribution in [0.5, 0.6) is 0 Å². The summed E-state index contributed by atoms with van der Waals surface area (Å²) in [4.78, 5) is 20.4. The predicted molar refractivity (Wildman–Crippen MR) is 65.3 cm³/mol. The molecule has 0 radical (unpaired) electrons. The maximum atomic E-state index is 11.8. The third-order valence-corrected chi connectivity index (χ3v) is 2.76. The van der Waals surface area contributed by atoms with Crippen molar-refractivity contribution >= 4 is 5.97 Å². The molecule has 0 atom stereocenters. The van der Waals surface area contributed by atoms with Gasteiger partial charge in [0.2, 0.25) is 0 Å². The van der Waals surface area contributed by atoms with E-state index in [1.165, 1.54) is 0 Å². The summed E-state index contributed by atoms with van der Waals surface area (Å²) in [5, 5.41) is 0. The van der Waals surface area contributed by atoms with Crippen LogP contribution >= 0.6 is 0 Å². The van der Waals surface area contributed by atoms with Gasteiger partial charge in [-0.05, 0) is 26.7 Å². The van der Waals surface area contributed by atoms with Crippen molar-refractivity contribution in [1.82, 2.24) is 9.97 Å². The first-order chi connectivity index (χ1) is 8.76. The molecule has 1 aromatic rings. The second-order valence-corrected chi connectivity index (χ2v) is 4.22. The van der Waals surface area contributed by atoms with Gasteiger partial charge in [-0.2, -0.15) is 0 Å². The summed E-state index contributed by atoms with van der Waals surface area (Å²) in [6.07, 6.45) is 3.72. The number of hydrogen-bond acceptors (Lipinski definition) is 5. The minimum atomic E-state index is -0.331. The van der Waals surface area contributed by atoms with Gasteiger partial charge in [0.15, 0.2) is 5.82 Å². The summed E-state index contributed by atoms with van der Waals surface area (Å²) < 4.78 is 10.3. The van der Waals surface area contributed by atoms with E-state index in [2.05, 4.69) is 9.97 Å². The molecule has 1 aliphatic rings. The molecule has 1 aromatic heterocycles. The molecule has 18 heavy (non-hydrogen) atoms. The lowest BCUT2D eigenvalue weighted by Gasteiger charge is -2.08. The van der Waals surface area contributed by atoms with Gasteiger partial charge in [-0.25, -0.2) is 14.8 Å². The topological polar surface area (TPSA) is 61.3 Å². The molecule has 0 aliphatic heterocycles. The third-order valence-electron chi connectivity index (χ3n) is 2.76. The highest BCUT2D eigenvalue weighted by atomic mass is 16.5. The van der Waals surface area contributed by atoms with Crippen LogP contribution in [-0.2, 0) is 16.1 Å². The van der Waals surface area contributed by atoms with Crippen molar-refractivity contribution in [3.8, 4) is 0 Å². The largest absolute Gasteiger partial charge is 0.462 e. The molecule has 98 valence electrons. The second kappa shape index (κ2) is 5.91. The summed E-state index contributed by atoms with van der Waals surface area (Å²) in [5.74, 6) is 0.682. The zero-order valence-corrected chi connectivity index (χ0v) is 10.8. The van der Waals surface area contributed by atoms with Crippen LogP contribution in [0.15, 0.2) is 6.20 Å². The van der Waals surface area contributed by atoms with E-state index in [1.807, 2.05) is 6.92 Å². The van der Waals surface area contributed by atoms with E-state index in [9.17, 15) is 4.79 Å². The number of carbonyl (C=O) groups excluding carboxylic acids is 1. The van der Waals surface area contributed by atoms with Gasteiger partial charge in [0.1, 0.15) is 6.61 Å². The highest BCUT2D eigenvalue weighted by Crippen LogP contribution is 2.40. The number of rotatable bonds is 6. The van der Waals surface area contributed by atoms with Crippen LogP contribution in [-0.4, -0.2) is 29.2 Å². The molecule has 0 aromatic carbocycles. The molecule has 2 rings (SSSR count). The van der Waals surface area contributed by atoms with Gasteiger partial charge in [0.05, 0.1) is 17.9 Å². The lowest BCUT2D eigenvalue weighted by molar-refractivity contribution is 0.0523. The molecule has 0 spiro atoms. The van der Waals surface area contributed by atoms with Gasteiger partial charge in [0, 0.05) is 18.7 Å². The number of carbonyl (C=O) groups is 1. The molecule has 1 heterocycles.